The Morgan fingerprint density at radius 2 is 1.78 bits per heavy atom. The molecule has 2 aromatic carbocycles. The lowest BCUT2D eigenvalue weighted by atomic mass is 10.1. The van der Waals surface area contributed by atoms with Crippen molar-refractivity contribution >= 4 is 15.9 Å². The van der Waals surface area contributed by atoms with E-state index in [1.54, 1.807) is 30.3 Å². The Balaban J connectivity index is 1.75. The number of nitrogens with zero attached hydrogens (tertiary/aromatic N) is 1. The smallest absolute Gasteiger partial charge is 0.269 e. The number of hydrogen-bond acceptors (Lipinski definition) is 5. The molecule has 23 heavy (non-hydrogen) atoms. The summed E-state index contributed by atoms with van der Waals surface area (Å²) in [5, 5.41) is 0. The third-order valence-corrected chi connectivity index (χ3v) is 5.66. The fraction of sp³-hybridized carbons (Fsp3) is 0.188. The van der Waals surface area contributed by atoms with E-state index < -0.39 is 15.9 Å². The molecule has 0 saturated carbocycles. The topological polar surface area (TPSA) is 72.9 Å². The number of amides is 1. The van der Waals surface area contributed by atoms with Gasteiger partial charge in [0, 0.05) is 5.56 Å². The zero-order valence-electron chi connectivity index (χ0n) is 12.1. The lowest BCUT2D eigenvalue weighted by molar-refractivity contribution is 0.0863. The number of rotatable bonds is 2. The van der Waals surface area contributed by atoms with Crippen molar-refractivity contribution in [2.45, 2.75) is 11.4 Å². The van der Waals surface area contributed by atoms with Gasteiger partial charge in [-0.3, -0.25) is 4.79 Å². The molecule has 0 unspecified atom stereocenters. The molecular formula is C16H13NO5S. The molecule has 0 radical (unpaired) electrons. The zero-order valence-corrected chi connectivity index (χ0v) is 12.9. The van der Waals surface area contributed by atoms with Crippen LogP contribution < -0.4 is 9.47 Å². The van der Waals surface area contributed by atoms with Gasteiger partial charge in [0.2, 0.25) is 0 Å². The maximum atomic E-state index is 12.6. The summed E-state index contributed by atoms with van der Waals surface area (Å²) < 4.78 is 37.2. The molecule has 2 aliphatic heterocycles. The molecule has 7 heteroatoms. The van der Waals surface area contributed by atoms with Crippen LogP contribution in [0.4, 0.5) is 0 Å². The summed E-state index contributed by atoms with van der Waals surface area (Å²) in [5.74, 6) is 0.544. The van der Waals surface area contributed by atoms with Gasteiger partial charge in [0.1, 0.15) is 18.1 Å². The van der Waals surface area contributed by atoms with E-state index in [4.69, 9.17) is 9.47 Å². The van der Waals surface area contributed by atoms with Crippen LogP contribution in [-0.4, -0.2) is 31.8 Å². The van der Waals surface area contributed by atoms with E-state index in [2.05, 4.69) is 0 Å². The lowest BCUT2D eigenvalue weighted by Gasteiger charge is -2.23. The van der Waals surface area contributed by atoms with Crippen molar-refractivity contribution in [2.24, 2.45) is 0 Å². The van der Waals surface area contributed by atoms with Crippen molar-refractivity contribution in [2.75, 3.05) is 13.2 Å². The minimum absolute atomic E-state index is 0.0481. The molecule has 0 fully saturated rings. The summed E-state index contributed by atoms with van der Waals surface area (Å²) in [6.45, 7) is 0.760. The number of hydrogen-bond donors (Lipinski definition) is 0. The molecule has 2 heterocycles. The summed E-state index contributed by atoms with van der Waals surface area (Å²) in [6.07, 6.45) is 0. The fourth-order valence-corrected chi connectivity index (χ4v) is 4.35. The average molecular weight is 331 g/mol. The summed E-state index contributed by atoms with van der Waals surface area (Å²) in [5.41, 5.74) is 0.807. The van der Waals surface area contributed by atoms with Crippen LogP contribution in [0.5, 0.6) is 11.5 Å². The van der Waals surface area contributed by atoms with E-state index in [-0.39, 0.29) is 17.0 Å². The molecule has 1 amide bonds. The van der Waals surface area contributed by atoms with Crippen LogP contribution in [0.1, 0.15) is 15.9 Å². The lowest BCUT2D eigenvalue weighted by Crippen LogP contribution is -2.30. The first-order valence-electron chi connectivity index (χ1n) is 7.12. The van der Waals surface area contributed by atoms with Gasteiger partial charge in [-0.2, -0.15) is 0 Å². The Hall–Kier alpha value is -2.54. The van der Waals surface area contributed by atoms with Gasteiger partial charge in [0.05, 0.1) is 12.1 Å². The minimum Gasteiger partial charge on any atom is -0.486 e. The van der Waals surface area contributed by atoms with Gasteiger partial charge in [-0.25, -0.2) is 12.7 Å². The monoisotopic (exact) mass is 331 g/mol. The Morgan fingerprint density at radius 1 is 1.00 bits per heavy atom. The Bertz CT molecular complexity index is 906. The fourth-order valence-electron chi connectivity index (χ4n) is 2.80. The van der Waals surface area contributed by atoms with Crippen molar-refractivity contribution < 1.29 is 22.7 Å². The number of sulfonamides is 1. The second kappa shape index (κ2) is 4.99. The number of carbonyl (C=O) groups is 1. The van der Waals surface area contributed by atoms with Crippen LogP contribution in [0.2, 0.25) is 0 Å². The molecule has 2 aromatic rings. The number of fused-ring (bicyclic) bond motifs is 2. The van der Waals surface area contributed by atoms with E-state index in [0.29, 0.717) is 30.3 Å². The molecular weight excluding hydrogens is 318 g/mol. The van der Waals surface area contributed by atoms with Gasteiger partial charge in [-0.15, -0.1) is 0 Å². The molecule has 0 bridgehead atoms. The molecule has 0 atom stereocenters. The molecule has 0 aliphatic carbocycles. The first kappa shape index (κ1) is 14.1. The second-order valence-electron chi connectivity index (χ2n) is 5.25. The number of benzene rings is 2. The first-order valence-corrected chi connectivity index (χ1v) is 8.56. The van der Waals surface area contributed by atoms with Gasteiger partial charge in [0.25, 0.3) is 15.9 Å². The summed E-state index contributed by atoms with van der Waals surface area (Å²) in [7, 11) is -3.83. The van der Waals surface area contributed by atoms with Crippen LogP contribution in [-0.2, 0) is 16.6 Å². The highest BCUT2D eigenvalue weighted by atomic mass is 32.2. The largest absolute Gasteiger partial charge is 0.486 e. The Kier molecular flexibility index (Phi) is 3.05. The summed E-state index contributed by atoms with van der Waals surface area (Å²) in [6, 6.07) is 11.5. The van der Waals surface area contributed by atoms with Crippen molar-refractivity contribution in [1.82, 2.24) is 4.31 Å². The predicted molar refractivity (Wildman–Crippen MR) is 80.9 cm³/mol. The highest BCUT2D eigenvalue weighted by Gasteiger charge is 2.41. The summed E-state index contributed by atoms with van der Waals surface area (Å²) >= 11 is 0. The van der Waals surface area contributed by atoms with Crippen LogP contribution in [0.15, 0.2) is 47.4 Å². The molecule has 0 N–H and O–H groups in total. The van der Waals surface area contributed by atoms with Crippen LogP contribution in [0, 0.1) is 0 Å². The highest BCUT2D eigenvalue weighted by Crippen LogP contribution is 2.37. The molecule has 118 valence electrons. The maximum Gasteiger partial charge on any atom is 0.269 e. The average Bonchev–Trinajstić information content (AvgIpc) is 2.77. The first-order chi connectivity index (χ1) is 11.1. The number of carbonyl (C=O) groups excluding carboxylic acids is 1. The van der Waals surface area contributed by atoms with Gasteiger partial charge >= 0.3 is 0 Å². The van der Waals surface area contributed by atoms with Crippen molar-refractivity contribution in [3.8, 4) is 11.5 Å². The SMILES string of the molecule is O=C1c2ccccc2S(=O)(=O)N1Cc1cccc2c1OCCO2. The van der Waals surface area contributed by atoms with Crippen LogP contribution >= 0.6 is 0 Å². The molecule has 0 saturated heterocycles. The highest BCUT2D eigenvalue weighted by molar-refractivity contribution is 7.90. The van der Waals surface area contributed by atoms with Gasteiger partial charge in [-0.05, 0) is 18.2 Å². The predicted octanol–water partition coefficient (Wildman–Crippen LogP) is 1.80. The van der Waals surface area contributed by atoms with Gasteiger partial charge in [0.15, 0.2) is 11.5 Å². The standard InChI is InChI=1S/C16H13NO5S/c18-16-12-5-1-2-7-14(12)23(19,20)17(16)10-11-4-3-6-13-15(11)22-9-8-21-13/h1-7H,8-10H2. The van der Waals surface area contributed by atoms with Crippen molar-refractivity contribution in [3.05, 3.63) is 53.6 Å². The molecule has 2 aliphatic rings. The Labute approximate surface area is 133 Å². The second-order valence-corrected chi connectivity index (χ2v) is 7.09. The van der Waals surface area contributed by atoms with E-state index >= 15 is 0 Å². The van der Waals surface area contributed by atoms with E-state index in [1.165, 1.54) is 12.1 Å². The van der Waals surface area contributed by atoms with E-state index in [1.807, 2.05) is 0 Å². The molecule has 0 spiro atoms. The van der Waals surface area contributed by atoms with Gasteiger partial charge in [-0.1, -0.05) is 24.3 Å². The van der Waals surface area contributed by atoms with Crippen LogP contribution in [0.3, 0.4) is 0 Å². The number of para-hydroxylation sites is 1. The van der Waals surface area contributed by atoms with Gasteiger partial charge < -0.3 is 9.47 Å². The normalized spacial score (nSPS) is 17.9. The molecule has 0 aromatic heterocycles. The Morgan fingerprint density at radius 3 is 2.61 bits per heavy atom. The maximum absolute atomic E-state index is 12.6. The zero-order chi connectivity index (χ0) is 16.0. The third kappa shape index (κ3) is 2.08. The van der Waals surface area contributed by atoms with Crippen molar-refractivity contribution in [3.63, 3.8) is 0 Å². The van der Waals surface area contributed by atoms with Crippen molar-refractivity contribution in [1.29, 1.82) is 0 Å². The third-order valence-electron chi connectivity index (χ3n) is 3.87. The quantitative estimate of drug-likeness (QED) is 0.839. The molecule has 6 nitrogen and oxygen atoms in total. The molecule has 4 rings (SSSR count). The van der Waals surface area contributed by atoms with Crippen LogP contribution in [0.25, 0.3) is 0 Å². The minimum atomic E-state index is -3.83. The summed E-state index contributed by atoms with van der Waals surface area (Å²) in [4.78, 5) is 12.5. The number of ether oxygens (including phenoxy) is 2. The van der Waals surface area contributed by atoms with E-state index in [0.717, 1.165) is 4.31 Å². The van der Waals surface area contributed by atoms with E-state index in [9.17, 15) is 13.2 Å².